The number of hydrogen-bond acceptors (Lipinski definition) is 1. The van der Waals surface area contributed by atoms with Crippen LogP contribution in [0, 0.1) is 0 Å². The zero-order valence-corrected chi connectivity index (χ0v) is 10.4. The molecule has 16 heavy (non-hydrogen) atoms. The normalized spacial score (nSPS) is 13.2. The van der Waals surface area contributed by atoms with Crippen LogP contribution in [0.2, 0.25) is 0 Å². The van der Waals surface area contributed by atoms with Gasteiger partial charge in [0.05, 0.1) is 11.7 Å². The summed E-state index contributed by atoms with van der Waals surface area (Å²) < 4.78 is 0. The summed E-state index contributed by atoms with van der Waals surface area (Å²) in [6, 6.07) is 4.41. The third kappa shape index (κ3) is 1.84. The third-order valence-electron chi connectivity index (χ3n) is 3.38. The van der Waals surface area contributed by atoms with Crippen molar-refractivity contribution in [2.24, 2.45) is 0 Å². The Morgan fingerprint density at radius 1 is 1.31 bits per heavy atom. The lowest BCUT2D eigenvalue weighted by atomic mass is 9.89. The SMILES string of the molecule is CCCc1ccc2[nH]ncc2c1C(C)CC. The van der Waals surface area contributed by atoms with Crippen molar-refractivity contribution in [3.8, 4) is 0 Å². The monoisotopic (exact) mass is 216 g/mol. The van der Waals surface area contributed by atoms with E-state index in [1.165, 1.54) is 35.8 Å². The summed E-state index contributed by atoms with van der Waals surface area (Å²) in [6.45, 7) is 6.79. The summed E-state index contributed by atoms with van der Waals surface area (Å²) in [6.07, 6.45) is 5.52. The number of rotatable bonds is 4. The molecule has 1 aromatic heterocycles. The molecule has 2 rings (SSSR count). The maximum absolute atomic E-state index is 4.15. The van der Waals surface area contributed by atoms with E-state index in [0.717, 1.165) is 5.52 Å². The van der Waals surface area contributed by atoms with E-state index in [1.807, 2.05) is 6.20 Å². The average Bonchev–Trinajstić information content (AvgIpc) is 2.76. The molecule has 0 spiro atoms. The van der Waals surface area contributed by atoms with Gasteiger partial charge in [0.2, 0.25) is 0 Å². The largest absolute Gasteiger partial charge is 0.278 e. The van der Waals surface area contributed by atoms with E-state index in [2.05, 4.69) is 43.1 Å². The molecule has 1 atom stereocenters. The number of nitrogens with one attached hydrogen (secondary N) is 1. The van der Waals surface area contributed by atoms with Gasteiger partial charge in [-0.15, -0.1) is 0 Å². The van der Waals surface area contributed by atoms with E-state index < -0.39 is 0 Å². The fourth-order valence-electron chi connectivity index (χ4n) is 2.36. The number of hydrogen-bond donors (Lipinski definition) is 1. The predicted octanol–water partition coefficient (Wildman–Crippen LogP) is 4.03. The van der Waals surface area contributed by atoms with Crippen LogP contribution in [-0.4, -0.2) is 10.2 Å². The fraction of sp³-hybridized carbons (Fsp3) is 0.500. The summed E-state index contributed by atoms with van der Waals surface area (Å²) in [7, 11) is 0. The van der Waals surface area contributed by atoms with Crippen molar-refractivity contribution in [1.82, 2.24) is 10.2 Å². The van der Waals surface area contributed by atoms with Gasteiger partial charge in [0, 0.05) is 5.39 Å². The van der Waals surface area contributed by atoms with E-state index in [1.54, 1.807) is 0 Å². The molecule has 0 fully saturated rings. The van der Waals surface area contributed by atoms with Gasteiger partial charge < -0.3 is 0 Å². The quantitative estimate of drug-likeness (QED) is 0.821. The van der Waals surface area contributed by atoms with E-state index in [0.29, 0.717) is 5.92 Å². The van der Waals surface area contributed by atoms with Gasteiger partial charge in [-0.25, -0.2) is 0 Å². The first-order valence-corrected chi connectivity index (χ1v) is 6.22. The minimum Gasteiger partial charge on any atom is -0.278 e. The van der Waals surface area contributed by atoms with E-state index in [4.69, 9.17) is 0 Å². The summed E-state index contributed by atoms with van der Waals surface area (Å²) in [4.78, 5) is 0. The number of aromatic amines is 1. The lowest BCUT2D eigenvalue weighted by molar-refractivity contribution is 0.724. The Morgan fingerprint density at radius 2 is 2.12 bits per heavy atom. The Balaban J connectivity index is 2.60. The Morgan fingerprint density at radius 3 is 2.81 bits per heavy atom. The first kappa shape index (κ1) is 11.2. The summed E-state index contributed by atoms with van der Waals surface area (Å²) in [5.41, 5.74) is 4.15. The molecule has 0 bridgehead atoms. The highest BCUT2D eigenvalue weighted by Crippen LogP contribution is 2.30. The molecule has 86 valence electrons. The molecule has 1 unspecified atom stereocenters. The minimum atomic E-state index is 0.614. The molecule has 0 aliphatic carbocycles. The lowest BCUT2D eigenvalue weighted by Crippen LogP contribution is -1.99. The Labute approximate surface area is 97.1 Å². The lowest BCUT2D eigenvalue weighted by Gasteiger charge is -2.15. The Hall–Kier alpha value is -1.31. The number of benzene rings is 1. The second-order valence-corrected chi connectivity index (χ2v) is 4.53. The zero-order chi connectivity index (χ0) is 11.5. The van der Waals surface area contributed by atoms with Gasteiger partial charge >= 0.3 is 0 Å². The highest BCUT2D eigenvalue weighted by molar-refractivity contribution is 5.83. The number of aromatic nitrogens is 2. The molecule has 2 nitrogen and oxygen atoms in total. The van der Waals surface area contributed by atoms with Gasteiger partial charge in [-0.3, -0.25) is 5.10 Å². The standard InChI is InChI=1S/C14H20N2/c1-4-6-11-7-8-13-12(9-15-16-13)14(11)10(3)5-2/h7-10H,4-6H2,1-3H3,(H,15,16). The molecule has 2 heteroatoms. The molecule has 0 aliphatic rings. The van der Waals surface area contributed by atoms with Crippen LogP contribution >= 0.6 is 0 Å². The predicted molar refractivity (Wildman–Crippen MR) is 68.8 cm³/mol. The van der Waals surface area contributed by atoms with Crippen molar-refractivity contribution in [3.63, 3.8) is 0 Å². The van der Waals surface area contributed by atoms with Crippen molar-refractivity contribution >= 4 is 10.9 Å². The van der Waals surface area contributed by atoms with Crippen molar-refractivity contribution in [3.05, 3.63) is 29.5 Å². The van der Waals surface area contributed by atoms with Crippen LogP contribution in [0.1, 0.15) is 50.7 Å². The maximum atomic E-state index is 4.15. The van der Waals surface area contributed by atoms with Crippen molar-refractivity contribution in [2.75, 3.05) is 0 Å². The zero-order valence-electron chi connectivity index (χ0n) is 10.4. The van der Waals surface area contributed by atoms with Crippen LogP contribution in [-0.2, 0) is 6.42 Å². The molecular formula is C14H20N2. The average molecular weight is 216 g/mol. The van der Waals surface area contributed by atoms with Gasteiger partial charge in [-0.2, -0.15) is 5.10 Å². The smallest absolute Gasteiger partial charge is 0.0653 e. The highest BCUT2D eigenvalue weighted by Gasteiger charge is 2.13. The second-order valence-electron chi connectivity index (χ2n) is 4.53. The van der Waals surface area contributed by atoms with Crippen LogP contribution in [0.5, 0.6) is 0 Å². The molecule has 1 N–H and O–H groups in total. The second kappa shape index (κ2) is 4.69. The van der Waals surface area contributed by atoms with Crippen LogP contribution < -0.4 is 0 Å². The van der Waals surface area contributed by atoms with Gasteiger partial charge in [0.15, 0.2) is 0 Å². The van der Waals surface area contributed by atoms with E-state index in [-0.39, 0.29) is 0 Å². The molecule has 0 radical (unpaired) electrons. The number of H-pyrrole nitrogens is 1. The van der Waals surface area contributed by atoms with Crippen molar-refractivity contribution in [1.29, 1.82) is 0 Å². The molecule has 0 saturated heterocycles. The van der Waals surface area contributed by atoms with Gasteiger partial charge in [-0.05, 0) is 36.0 Å². The maximum Gasteiger partial charge on any atom is 0.0653 e. The Bertz CT molecular complexity index is 471. The van der Waals surface area contributed by atoms with E-state index >= 15 is 0 Å². The number of aryl methyl sites for hydroxylation is 1. The summed E-state index contributed by atoms with van der Waals surface area (Å²) in [5.74, 6) is 0.614. The van der Waals surface area contributed by atoms with Crippen molar-refractivity contribution in [2.45, 2.75) is 46.0 Å². The van der Waals surface area contributed by atoms with Crippen molar-refractivity contribution < 1.29 is 0 Å². The van der Waals surface area contributed by atoms with Crippen LogP contribution in [0.25, 0.3) is 10.9 Å². The van der Waals surface area contributed by atoms with Gasteiger partial charge in [0.1, 0.15) is 0 Å². The highest BCUT2D eigenvalue weighted by atomic mass is 15.1. The van der Waals surface area contributed by atoms with Crippen LogP contribution in [0.15, 0.2) is 18.3 Å². The fourth-order valence-corrected chi connectivity index (χ4v) is 2.36. The first-order chi connectivity index (χ1) is 7.77. The molecular weight excluding hydrogens is 196 g/mol. The van der Waals surface area contributed by atoms with Crippen LogP contribution in [0.4, 0.5) is 0 Å². The summed E-state index contributed by atoms with van der Waals surface area (Å²) in [5, 5.41) is 8.52. The van der Waals surface area contributed by atoms with Gasteiger partial charge in [0.25, 0.3) is 0 Å². The summed E-state index contributed by atoms with van der Waals surface area (Å²) >= 11 is 0. The van der Waals surface area contributed by atoms with Gasteiger partial charge in [-0.1, -0.05) is 33.3 Å². The first-order valence-electron chi connectivity index (χ1n) is 6.22. The Kier molecular flexibility index (Phi) is 3.28. The molecule has 0 aliphatic heterocycles. The molecule has 1 aromatic carbocycles. The third-order valence-corrected chi connectivity index (χ3v) is 3.38. The topological polar surface area (TPSA) is 28.7 Å². The van der Waals surface area contributed by atoms with Crippen LogP contribution in [0.3, 0.4) is 0 Å². The number of nitrogens with zero attached hydrogens (tertiary/aromatic N) is 1. The number of fused-ring (bicyclic) bond motifs is 1. The molecule has 0 saturated carbocycles. The molecule has 1 heterocycles. The molecule has 2 aromatic rings. The molecule has 0 amide bonds. The van der Waals surface area contributed by atoms with E-state index in [9.17, 15) is 0 Å². The minimum absolute atomic E-state index is 0.614.